The van der Waals surface area contributed by atoms with Gasteiger partial charge in [0.15, 0.2) is 0 Å². The summed E-state index contributed by atoms with van der Waals surface area (Å²) in [5.74, 6) is 0. The van der Waals surface area contributed by atoms with E-state index in [1.54, 1.807) is 6.07 Å². The molecule has 0 spiro atoms. The Morgan fingerprint density at radius 2 is 1.73 bits per heavy atom. The second kappa shape index (κ2) is 7.72. The number of hydrogen-bond donors (Lipinski definition) is 0. The number of aryl methyl sites for hydroxylation is 1. The third-order valence-electron chi connectivity index (χ3n) is 4.21. The van der Waals surface area contributed by atoms with E-state index in [9.17, 15) is 5.26 Å². The van der Waals surface area contributed by atoms with Crippen molar-refractivity contribution in [1.29, 1.82) is 5.26 Å². The van der Waals surface area contributed by atoms with Crippen LogP contribution in [-0.2, 0) is 0 Å². The molecule has 5 heteroatoms. The van der Waals surface area contributed by atoms with Crippen molar-refractivity contribution in [3.05, 3.63) is 85.6 Å². The normalized spacial score (nSPS) is 11.5. The van der Waals surface area contributed by atoms with Gasteiger partial charge in [-0.05, 0) is 67.4 Å². The lowest BCUT2D eigenvalue weighted by atomic mass is 10.0. The molecular weight excluding hydrogens is 431 g/mol. The minimum atomic E-state index is 0.515. The molecule has 0 radical (unpaired) electrons. The Balaban J connectivity index is 2.08. The SMILES string of the molecule is Cc1cc(/C=C(/C#N)c2ccc(Br)cc2)c(C)n1-c1ccc(Cl)c(Cl)c1. The summed E-state index contributed by atoms with van der Waals surface area (Å²) in [6, 6.07) is 17.6. The Morgan fingerprint density at radius 3 is 2.35 bits per heavy atom. The van der Waals surface area contributed by atoms with E-state index >= 15 is 0 Å². The molecule has 130 valence electrons. The van der Waals surface area contributed by atoms with Crippen LogP contribution < -0.4 is 0 Å². The number of rotatable bonds is 3. The molecule has 2 aromatic carbocycles. The van der Waals surface area contributed by atoms with Crippen molar-refractivity contribution in [1.82, 2.24) is 4.57 Å². The van der Waals surface area contributed by atoms with Gasteiger partial charge in [-0.3, -0.25) is 0 Å². The van der Waals surface area contributed by atoms with E-state index in [1.165, 1.54) is 0 Å². The third kappa shape index (κ3) is 3.73. The number of nitriles is 1. The van der Waals surface area contributed by atoms with Crippen molar-refractivity contribution < 1.29 is 0 Å². The molecule has 0 fully saturated rings. The van der Waals surface area contributed by atoms with E-state index in [1.807, 2.05) is 56.3 Å². The summed E-state index contributed by atoms with van der Waals surface area (Å²) in [7, 11) is 0. The van der Waals surface area contributed by atoms with Crippen LogP contribution in [0.15, 0.2) is 53.0 Å². The Hall–Kier alpha value is -1.99. The minimum absolute atomic E-state index is 0.515. The zero-order chi connectivity index (χ0) is 18.8. The average molecular weight is 446 g/mol. The lowest BCUT2D eigenvalue weighted by Gasteiger charge is -2.10. The van der Waals surface area contributed by atoms with Crippen molar-refractivity contribution in [2.45, 2.75) is 13.8 Å². The first-order valence-corrected chi connectivity index (χ1v) is 9.47. The highest BCUT2D eigenvalue weighted by Crippen LogP contribution is 2.29. The van der Waals surface area contributed by atoms with E-state index in [0.29, 0.717) is 15.6 Å². The lowest BCUT2D eigenvalue weighted by molar-refractivity contribution is 0.965. The summed E-state index contributed by atoms with van der Waals surface area (Å²) in [4.78, 5) is 0. The summed E-state index contributed by atoms with van der Waals surface area (Å²) in [6.45, 7) is 4.05. The topological polar surface area (TPSA) is 28.7 Å². The van der Waals surface area contributed by atoms with E-state index in [2.05, 4.69) is 32.6 Å². The van der Waals surface area contributed by atoms with Crippen LogP contribution in [0.3, 0.4) is 0 Å². The quantitative estimate of drug-likeness (QED) is 0.391. The highest BCUT2D eigenvalue weighted by atomic mass is 79.9. The molecular formula is C21H15BrCl2N2. The molecule has 0 aliphatic carbocycles. The molecule has 0 saturated heterocycles. The van der Waals surface area contributed by atoms with E-state index in [-0.39, 0.29) is 0 Å². The van der Waals surface area contributed by atoms with E-state index < -0.39 is 0 Å². The molecule has 3 rings (SSSR count). The number of aromatic nitrogens is 1. The third-order valence-corrected chi connectivity index (χ3v) is 5.47. The molecule has 0 N–H and O–H groups in total. The summed E-state index contributed by atoms with van der Waals surface area (Å²) < 4.78 is 3.08. The highest BCUT2D eigenvalue weighted by molar-refractivity contribution is 9.10. The number of allylic oxidation sites excluding steroid dienone is 1. The Morgan fingerprint density at radius 1 is 1.04 bits per heavy atom. The van der Waals surface area contributed by atoms with Crippen LogP contribution in [0, 0.1) is 25.2 Å². The minimum Gasteiger partial charge on any atom is -0.318 e. The molecule has 26 heavy (non-hydrogen) atoms. The van der Waals surface area contributed by atoms with Crippen molar-refractivity contribution in [3.8, 4) is 11.8 Å². The molecule has 1 heterocycles. The zero-order valence-corrected chi connectivity index (χ0v) is 17.3. The number of benzene rings is 2. The maximum atomic E-state index is 9.59. The van der Waals surface area contributed by atoms with Gasteiger partial charge in [0, 0.05) is 21.5 Å². The number of nitrogens with zero attached hydrogens (tertiary/aromatic N) is 2. The van der Waals surface area contributed by atoms with Crippen LogP contribution in [0.4, 0.5) is 0 Å². The van der Waals surface area contributed by atoms with Gasteiger partial charge in [-0.2, -0.15) is 5.26 Å². The van der Waals surface area contributed by atoms with E-state index in [4.69, 9.17) is 23.2 Å². The summed E-state index contributed by atoms with van der Waals surface area (Å²) in [5, 5.41) is 10.6. The van der Waals surface area contributed by atoms with Gasteiger partial charge in [-0.1, -0.05) is 51.3 Å². The first-order valence-electron chi connectivity index (χ1n) is 7.93. The highest BCUT2D eigenvalue weighted by Gasteiger charge is 2.12. The largest absolute Gasteiger partial charge is 0.318 e. The van der Waals surface area contributed by atoms with Crippen LogP contribution in [0.1, 0.15) is 22.5 Å². The maximum absolute atomic E-state index is 9.59. The monoisotopic (exact) mass is 444 g/mol. The van der Waals surface area contributed by atoms with Crippen LogP contribution >= 0.6 is 39.1 Å². The van der Waals surface area contributed by atoms with Crippen molar-refractivity contribution in [2.75, 3.05) is 0 Å². The molecule has 1 aromatic heterocycles. The molecule has 0 unspecified atom stereocenters. The van der Waals surface area contributed by atoms with Crippen LogP contribution in [0.2, 0.25) is 10.0 Å². The molecule has 0 aliphatic rings. The zero-order valence-electron chi connectivity index (χ0n) is 14.2. The summed E-state index contributed by atoms with van der Waals surface area (Å²) in [6.07, 6.45) is 1.92. The van der Waals surface area contributed by atoms with Crippen molar-refractivity contribution in [3.63, 3.8) is 0 Å². The maximum Gasteiger partial charge on any atom is 0.0998 e. The predicted molar refractivity (Wildman–Crippen MR) is 113 cm³/mol. The van der Waals surface area contributed by atoms with Crippen LogP contribution in [0.25, 0.3) is 17.3 Å². The summed E-state index contributed by atoms with van der Waals surface area (Å²) in [5.41, 5.74) is 5.53. The van der Waals surface area contributed by atoms with Gasteiger partial charge < -0.3 is 4.57 Å². The molecule has 2 nitrogen and oxygen atoms in total. The van der Waals surface area contributed by atoms with Gasteiger partial charge in [0.25, 0.3) is 0 Å². The fourth-order valence-electron chi connectivity index (χ4n) is 2.92. The van der Waals surface area contributed by atoms with Gasteiger partial charge in [-0.15, -0.1) is 0 Å². The standard InChI is InChI=1S/C21H15BrCl2N2/c1-13-9-16(10-17(12-25)15-3-5-18(22)6-4-15)14(2)26(13)19-7-8-20(23)21(24)11-19/h3-11H,1-2H3/b17-10-. The number of hydrogen-bond acceptors (Lipinski definition) is 1. The van der Waals surface area contributed by atoms with Crippen LogP contribution in [-0.4, -0.2) is 4.57 Å². The smallest absolute Gasteiger partial charge is 0.0998 e. The summed E-state index contributed by atoms with van der Waals surface area (Å²) >= 11 is 15.6. The average Bonchev–Trinajstić information content (AvgIpc) is 2.90. The van der Waals surface area contributed by atoms with Crippen LogP contribution in [0.5, 0.6) is 0 Å². The first-order chi connectivity index (χ1) is 12.4. The van der Waals surface area contributed by atoms with Gasteiger partial charge in [-0.25, -0.2) is 0 Å². The van der Waals surface area contributed by atoms with Gasteiger partial charge in [0.2, 0.25) is 0 Å². The number of halogens is 3. The Kier molecular flexibility index (Phi) is 5.58. The fourth-order valence-corrected chi connectivity index (χ4v) is 3.48. The predicted octanol–water partition coefficient (Wildman–Crippen LogP) is 7.23. The Bertz CT molecular complexity index is 1040. The van der Waals surface area contributed by atoms with Gasteiger partial charge in [0.1, 0.15) is 0 Å². The molecule has 0 atom stereocenters. The Labute approximate surface area is 171 Å². The van der Waals surface area contributed by atoms with Gasteiger partial charge >= 0.3 is 0 Å². The molecule has 0 saturated carbocycles. The molecule has 0 amide bonds. The molecule has 3 aromatic rings. The van der Waals surface area contributed by atoms with Gasteiger partial charge in [0.05, 0.1) is 21.7 Å². The second-order valence-electron chi connectivity index (χ2n) is 5.94. The fraction of sp³-hybridized carbons (Fsp3) is 0.0952. The van der Waals surface area contributed by atoms with Crippen molar-refractivity contribution >= 4 is 50.8 Å². The van der Waals surface area contributed by atoms with Crippen molar-refractivity contribution in [2.24, 2.45) is 0 Å². The lowest BCUT2D eigenvalue weighted by Crippen LogP contribution is -1.99. The van der Waals surface area contributed by atoms with E-state index in [0.717, 1.165) is 32.7 Å². The second-order valence-corrected chi connectivity index (χ2v) is 7.67. The molecule has 0 aliphatic heterocycles. The first kappa shape index (κ1) is 18.8. The molecule has 0 bridgehead atoms.